The van der Waals surface area contributed by atoms with Crippen molar-refractivity contribution in [3.8, 4) is 0 Å². The fraction of sp³-hybridized carbons (Fsp3) is 0.368. The summed E-state index contributed by atoms with van der Waals surface area (Å²) in [5.74, 6) is -0.172. The molecule has 2 heterocycles. The molecule has 0 bridgehead atoms. The number of nitrogens with one attached hydrogen (secondary N) is 1. The van der Waals surface area contributed by atoms with Gasteiger partial charge in [0.25, 0.3) is 5.91 Å². The monoisotopic (exact) mass is 325 g/mol. The van der Waals surface area contributed by atoms with Gasteiger partial charge in [-0.3, -0.25) is 9.78 Å². The second-order valence-electron chi connectivity index (χ2n) is 5.92. The van der Waals surface area contributed by atoms with E-state index in [1.165, 1.54) is 0 Å². The van der Waals surface area contributed by atoms with Crippen LogP contribution in [-0.2, 0) is 11.2 Å². The molecule has 1 aliphatic rings. The fourth-order valence-electron chi connectivity index (χ4n) is 2.94. The molecule has 2 aromatic rings. The number of carbonyl (C=O) groups excluding carboxylic acids is 1. The second kappa shape index (κ2) is 7.45. The third-order valence-electron chi connectivity index (χ3n) is 4.33. The Morgan fingerprint density at radius 3 is 2.83 bits per heavy atom. The number of aryl methyl sites for hydroxylation is 2. The topological polar surface area (TPSA) is 54.5 Å². The number of hydrogen-bond acceptors (Lipinski definition) is 4. The predicted octanol–water partition coefficient (Wildman–Crippen LogP) is 3.04. The number of aromatic nitrogens is 1. The minimum Gasteiger partial charge on any atom is -0.378 e. The molecule has 0 atom stereocenters. The van der Waals surface area contributed by atoms with Crippen LogP contribution in [0.2, 0.25) is 0 Å². The van der Waals surface area contributed by atoms with Crippen molar-refractivity contribution >= 4 is 17.3 Å². The summed E-state index contributed by atoms with van der Waals surface area (Å²) in [6, 6.07) is 9.85. The van der Waals surface area contributed by atoms with E-state index in [9.17, 15) is 4.79 Å². The first kappa shape index (κ1) is 16.5. The molecule has 5 nitrogen and oxygen atoms in total. The molecule has 0 aliphatic carbocycles. The minimum absolute atomic E-state index is 0.172. The van der Waals surface area contributed by atoms with Crippen molar-refractivity contribution in [2.45, 2.75) is 20.3 Å². The largest absolute Gasteiger partial charge is 0.378 e. The van der Waals surface area contributed by atoms with Crippen LogP contribution < -0.4 is 10.2 Å². The third-order valence-corrected chi connectivity index (χ3v) is 4.33. The minimum atomic E-state index is -0.172. The molecule has 3 rings (SSSR count). The number of pyridine rings is 1. The second-order valence-corrected chi connectivity index (χ2v) is 5.92. The van der Waals surface area contributed by atoms with Gasteiger partial charge in [0.2, 0.25) is 0 Å². The van der Waals surface area contributed by atoms with Crippen LogP contribution in [0.4, 0.5) is 11.4 Å². The maximum absolute atomic E-state index is 12.7. The van der Waals surface area contributed by atoms with Gasteiger partial charge in [0.05, 0.1) is 13.2 Å². The number of hydrogen-bond donors (Lipinski definition) is 1. The number of amides is 1. The van der Waals surface area contributed by atoms with E-state index in [0.717, 1.165) is 42.0 Å². The third kappa shape index (κ3) is 3.57. The number of rotatable bonds is 4. The number of ether oxygens (including phenoxy) is 1. The average molecular weight is 325 g/mol. The Bertz CT molecular complexity index is 724. The lowest BCUT2D eigenvalue weighted by molar-refractivity contribution is 0.102. The van der Waals surface area contributed by atoms with Crippen LogP contribution in [0.3, 0.4) is 0 Å². The van der Waals surface area contributed by atoms with E-state index in [2.05, 4.69) is 22.1 Å². The molecule has 1 saturated heterocycles. The Morgan fingerprint density at radius 1 is 1.29 bits per heavy atom. The van der Waals surface area contributed by atoms with E-state index in [0.29, 0.717) is 18.9 Å². The molecule has 1 N–H and O–H groups in total. The number of morpholine rings is 1. The van der Waals surface area contributed by atoms with Crippen LogP contribution in [0.1, 0.15) is 28.5 Å². The van der Waals surface area contributed by atoms with Crippen LogP contribution in [-0.4, -0.2) is 37.2 Å². The normalized spacial score (nSPS) is 14.5. The lowest BCUT2D eigenvalue weighted by atomic mass is 10.1. The molecule has 0 spiro atoms. The smallest absolute Gasteiger partial charge is 0.274 e. The summed E-state index contributed by atoms with van der Waals surface area (Å²) in [4.78, 5) is 19.1. The highest BCUT2D eigenvalue weighted by Crippen LogP contribution is 2.22. The molecule has 1 aromatic carbocycles. The fourth-order valence-corrected chi connectivity index (χ4v) is 2.94. The van der Waals surface area contributed by atoms with Crippen LogP contribution in [0.15, 0.2) is 36.5 Å². The van der Waals surface area contributed by atoms with E-state index in [4.69, 9.17) is 4.74 Å². The van der Waals surface area contributed by atoms with Gasteiger partial charge in [-0.2, -0.15) is 0 Å². The maximum Gasteiger partial charge on any atom is 0.274 e. The highest BCUT2D eigenvalue weighted by atomic mass is 16.5. The first-order valence-corrected chi connectivity index (χ1v) is 8.37. The summed E-state index contributed by atoms with van der Waals surface area (Å²) in [6.07, 6.45) is 2.57. The maximum atomic E-state index is 12.7. The molecule has 1 amide bonds. The molecule has 1 fully saturated rings. The Hall–Kier alpha value is -2.40. The Kier molecular flexibility index (Phi) is 5.11. The van der Waals surface area contributed by atoms with Gasteiger partial charge in [0.1, 0.15) is 5.69 Å². The molecule has 126 valence electrons. The lowest BCUT2D eigenvalue weighted by Crippen LogP contribution is -2.36. The van der Waals surface area contributed by atoms with E-state index in [-0.39, 0.29) is 5.91 Å². The molecule has 1 aliphatic heterocycles. The zero-order valence-electron chi connectivity index (χ0n) is 14.2. The molecule has 1 aromatic heterocycles. The molecule has 0 radical (unpaired) electrons. The van der Waals surface area contributed by atoms with E-state index in [1.807, 2.05) is 37.3 Å². The van der Waals surface area contributed by atoms with Gasteiger partial charge in [-0.25, -0.2) is 0 Å². The Labute approximate surface area is 142 Å². The lowest BCUT2D eigenvalue weighted by Gasteiger charge is -2.28. The van der Waals surface area contributed by atoms with E-state index < -0.39 is 0 Å². The molecule has 5 heteroatoms. The quantitative estimate of drug-likeness (QED) is 0.939. The Morgan fingerprint density at radius 2 is 2.08 bits per heavy atom. The van der Waals surface area contributed by atoms with E-state index in [1.54, 1.807) is 6.20 Å². The van der Waals surface area contributed by atoms with Gasteiger partial charge >= 0.3 is 0 Å². The SMILES string of the molecule is CCc1cccc(C)c1NC(=O)c1cc(N2CCOCC2)ccn1. The van der Waals surface area contributed by atoms with Gasteiger partial charge in [-0.1, -0.05) is 25.1 Å². The highest BCUT2D eigenvalue weighted by Gasteiger charge is 2.15. The molecule has 0 saturated carbocycles. The first-order valence-electron chi connectivity index (χ1n) is 8.37. The van der Waals surface area contributed by atoms with Crippen molar-refractivity contribution in [2.24, 2.45) is 0 Å². The summed E-state index contributed by atoms with van der Waals surface area (Å²) in [7, 11) is 0. The number of carbonyl (C=O) groups is 1. The van der Waals surface area contributed by atoms with E-state index >= 15 is 0 Å². The van der Waals surface area contributed by atoms with Gasteiger partial charge in [0.15, 0.2) is 0 Å². The van der Waals surface area contributed by atoms with Crippen molar-refractivity contribution < 1.29 is 9.53 Å². The summed E-state index contributed by atoms with van der Waals surface area (Å²) in [6.45, 7) is 7.19. The van der Waals surface area contributed by atoms with Crippen LogP contribution in [0.25, 0.3) is 0 Å². The predicted molar refractivity (Wildman–Crippen MR) is 95.8 cm³/mol. The highest BCUT2D eigenvalue weighted by molar-refractivity contribution is 6.04. The van der Waals surface area contributed by atoms with Crippen LogP contribution in [0, 0.1) is 6.92 Å². The summed E-state index contributed by atoms with van der Waals surface area (Å²) in [5.41, 5.74) is 4.53. The average Bonchev–Trinajstić information content (AvgIpc) is 2.64. The summed E-state index contributed by atoms with van der Waals surface area (Å²) in [5, 5.41) is 3.03. The van der Waals surface area contributed by atoms with Crippen LogP contribution >= 0.6 is 0 Å². The zero-order chi connectivity index (χ0) is 16.9. The van der Waals surface area contributed by atoms with Gasteiger partial charge in [-0.05, 0) is 36.6 Å². The standard InChI is InChI=1S/C19H23N3O2/c1-3-15-6-4-5-14(2)18(15)21-19(23)17-13-16(7-8-20-17)22-9-11-24-12-10-22/h4-8,13H,3,9-12H2,1-2H3,(H,21,23). The summed E-state index contributed by atoms with van der Waals surface area (Å²) < 4.78 is 5.38. The molecule has 0 unspecified atom stereocenters. The van der Waals surface area contributed by atoms with Gasteiger partial charge < -0.3 is 15.0 Å². The van der Waals surface area contributed by atoms with Crippen molar-refractivity contribution in [3.05, 3.63) is 53.3 Å². The number of nitrogens with zero attached hydrogens (tertiary/aromatic N) is 2. The Balaban J connectivity index is 1.81. The number of benzene rings is 1. The zero-order valence-corrected chi connectivity index (χ0v) is 14.2. The molecular formula is C19H23N3O2. The van der Waals surface area contributed by atoms with Crippen molar-refractivity contribution in [3.63, 3.8) is 0 Å². The van der Waals surface area contributed by atoms with Gasteiger partial charge in [0, 0.05) is 30.7 Å². The number of anilines is 2. The van der Waals surface area contributed by atoms with Gasteiger partial charge in [-0.15, -0.1) is 0 Å². The number of para-hydroxylation sites is 1. The first-order chi connectivity index (χ1) is 11.7. The molecule has 24 heavy (non-hydrogen) atoms. The molecular weight excluding hydrogens is 302 g/mol. The van der Waals surface area contributed by atoms with Crippen molar-refractivity contribution in [1.29, 1.82) is 0 Å². The van der Waals surface area contributed by atoms with Crippen molar-refractivity contribution in [1.82, 2.24) is 4.98 Å². The summed E-state index contributed by atoms with van der Waals surface area (Å²) >= 11 is 0. The van der Waals surface area contributed by atoms with Crippen molar-refractivity contribution in [2.75, 3.05) is 36.5 Å². The van der Waals surface area contributed by atoms with Crippen LogP contribution in [0.5, 0.6) is 0 Å².